The van der Waals surface area contributed by atoms with Crippen LogP contribution in [0.2, 0.25) is 5.02 Å². The monoisotopic (exact) mass is 478 g/mol. The SMILES string of the molecule is CCCNC(=O)[C@@H](Cc1ccccc1)N(Cc1cccc(OC)c1)C(=O)Cc1cccc(Cl)c1. The lowest BCUT2D eigenvalue weighted by Gasteiger charge is -2.32. The van der Waals surface area contributed by atoms with Crippen molar-refractivity contribution in [2.75, 3.05) is 13.7 Å². The first-order valence-corrected chi connectivity index (χ1v) is 11.9. The zero-order valence-electron chi connectivity index (χ0n) is 19.7. The minimum absolute atomic E-state index is 0.141. The second-order valence-corrected chi connectivity index (χ2v) is 8.61. The van der Waals surface area contributed by atoms with Gasteiger partial charge in [-0.15, -0.1) is 0 Å². The molecule has 0 fully saturated rings. The smallest absolute Gasteiger partial charge is 0.243 e. The fraction of sp³-hybridized carbons (Fsp3) is 0.286. The first kappa shape index (κ1) is 25.3. The Labute approximate surface area is 206 Å². The Hall–Kier alpha value is -3.31. The maximum absolute atomic E-state index is 13.7. The van der Waals surface area contributed by atoms with Crippen LogP contribution in [0.1, 0.15) is 30.0 Å². The maximum Gasteiger partial charge on any atom is 0.243 e. The number of carbonyl (C=O) groups excluding carboxylic acids is 2. The number of benzene rings is 3. The van der Waals surface area contributed by atoms with E-state index in [0.717, 1.165) is 23.1 Å². The van der Waals surface area contributed by atoms with Crippen LogP contribution in [0.4, 0.5) is 0 Å². The maximum atomic E-state index is 13.7. The van der Waals surface area contributed by atoms with Gasteiger partial charge in [0.05, 0.1) is 13.5 Å². The van der Waals surface area contributed by atoms with Crippen LogP contribution in [0, 0.1) is 0 Å². The van der Waals surface area contributed by atoms with Crippen molar-refractivity contribution >= 4 is 23.4 Å². The molecule has 0 radical (unpaired) electrons. The minimum atomic E-state index is -0.660. The van der Waals surface area contributed by atoms with E-state index in [-0.39, 0.29) is 24.8 Å². The molecule has 3 aromatic carbocycles. The predicted molar refractivity (Wildman–Crippen MR) is 136 cm³/mol. The molecule has 0 bridgehead atoms. The lowest BCUT2D eigenvalue weighted by Crippen LogP contribution is -2.51. The number of rotatable bonds is 11. The van der Waals surface area contributed by atoms with Gasteiger partial charge in [-0.2, -0.15) is 0 Å². The molecule has 0 aromatic heterocycles. The van der Waals surface area contributed by atoms with Crippen LogP contribution in [-0.2, 0) is 29.0 Å². The van der Waals surface area contributed by atoms with E-state index in [1.165, 1.54) is 0 Å². The van der Waals surface area contributed by atoms with Crippen LogP contribution >= 0.6 is 11.6 Å². The van der Waals surface area contributed by atoms with Crippen LogP contribution in [0.5, 0.6) is 5.75 Å². The first-order chi connectivity index (χ1) is 16.5. The summed E-state index contributed by atoms with van der Waals surface area (Å²) in [5.41, 5.74) is 2.69. The van der Waals surface area contributed by atoms with Gasteiger partial charge in [-0.3, -0.25) is 9.59 Å². The molecule has 178 valence electrons. The van der Waals surface area contributed by atoms with Crippen molar-refractivity contribution in [3.8, 4) is 5.75 Å². The molecular weight excluding hydrogens is 448 g/mol. The number of amides is 2. The highest BCUT2D eigenvalue weighted by atomic mass is 35.5. The number of carbonyl (C=O) groups is 2. The fourth-order valence-corrected chi connectivity index (χ4v) is 4.02. The quantitative estimate of drug-likeness (QED) is 0.419. The molecule has 3 rings (SSSR count). The van der Waals surface area contributed by atoms with Gasteiger partial charge >= 0.3 is 0 Å². The molecule has 0 aliphatic heterocycles. The zero-order valence-corrected chi connectivity index (χ0v) is 20.4. The number of ether oxygens (including phenoxy) is 1. The molecule has 2 amide bonds. The number of halogens is 1. The molecule has 3 aromatic rings. The molecule has 0 aliphatic rings. The number of nitrogens with zero attached hydrogens (tertiary/aromatic N) is 1. The van der Waals surface area contributed by atoms with Gasteiger partial charge in [-0.25, -0.2) is 0 Å². The molecule has 1 atom stereocenters. The van der Waals surface area contributed by atoms with Gasteiger partial charge in [-0.1, -0.05) is 73.1 Å². The molecule has 0 unspecified atom stereocenters. The molecule has 1 N–H and O–H groups in total. The van der Waals surface area contributed by atoms with E-state index in [1.54, 1.807) is 24.1 Å². The van der Waals surface area contributed by atoms with Crippen LogP contribution < -0.4 is 10.1 Å². The third-order valence-corrected chi connectivity index (χ3v) is 5.79. The average Bonchev–Trinajstić information content (AvgIpc) is 2.85. The highest BCUT2D eigenvalue weighted by Gasteiger charge is 2.30. The van der Waals surface area contributed by atoms with Crippen molar-refractivity contribution < 1.29 is 14.3 Å². The van der Waals surface area contributed by atoms with Crippen molar-refractivity contribution in [2.24, 2.45) is 0 Å². The van der Waals surface area contributed by atoms with E-state index in [1.807, 2.05) is 73.7 Å². The van der Waals surface area contributed by atoms with Crippen LogP contribution in [0.3, 0.4) is 0 Å². The molecule has 0 aliphatic carbocycles. The third kappa shape index (κ3) is 7.35. The second-order valence-electron chi connectivity index (χ2n) is 8.18. The lowest BCUT2D eigenvalue weighted by atomic mass is 10.0. The van der Waals surface area contributed by atoms with Gasteiger partial charge in [0, 0.05) is 24.5 Å². The average molecular weight is 479 g/mol. The molecule has 6 heteroatoms. The van der Waals surface area contributed by atoms with Crippen molar-refractivity contribution in [1.29, 1.82) is 0 Å². The Morgan fingerprint density at radius 1 is 0.941 bits per heavy atom. The van der Waals surface area contributed by atoms with Gasteiger partial charge in [0.15, 0.2) is 0 Å². The summed E-state index contributed by atoms with van der Waals surface area (Å²) in [5.74, 6) is 0.403. The Bertz CT molecular complexity index is 1090. The standard InChI is InChI=1S/C28H31ClN2O3/c1-3-15-30-28(33)26(18-21-9-5-4-6-10-21)31(20-23-12-8-14-25(17-23)34-2)27(32)19-22-11-7-13-24(29)16-22/h4-14,16-17,26H,3,15,18-20H2,1-2H3,(H,30,33)/t26-/m1/s1. The summed E-state index contributed by atoms with van der Waals surface area (Å²) in [5, 5.41) is 3.57. The van der Waals surface area contributed by atoms with E-state index in [0.29, 0.717) is 23.7 Å². The number of hydrogen-bond acceptors (Lipinski definition) is 3. The summed E-state index contributed by atoms with van der Waals surface area (Å²) < 4.78 is 5.37. The molecule has 0 heterocycles. The molecule has 5 nitrogen and oxygen atoms in total. The van der Waals surface area contributed by atoms with Gasteiger partial charge < -0.3 is 15.0 Å². The largest absolute Gasteiger partial charge is 0.497 e. The third-order valence-electron chi connectivity index (χ3n) is 5.55. The van der Waals surface area contributed by atoms with E-state index < -0.39 is 6.04 Å². The van der Waals surface area contributed by atoms with Gasteiger partial charge in [-0.05, 0) is 47.4 Å². The molecule has 0 spiro atoms. The normalized spacial score (nSPS) is 11.5. The highest BCUT2D eigenvalue weighted by Crippen LogP contribution is 2.20. The van der Waals surface area contributed by atoms with Crippen LogP contribution in [0.25, 0.3) is 0 Å². The molecular formula is C28H31ClN2O3. The fourth-order valence-electron chi connectivity index (χ4n) is 3.81. The van der Waals surface area contributed by atoms with Gasteiger partial charge in [0.1, 0.15) is 11.8 Å². The van der Waals surface area contributed by atoms with Crippen molar-refractivity contribution in [3.05, 3.63) is 101 Å². The van der Waals surface area contributed by atoms with E-state index in [9.17, 15) is 9.59 Å². The summed E-state index contributed by atoms with van der Waals surface area (Å²) in [6.07, 6.45) is 1.38. The summed E-state index contributed by atoms with van der Waals surface area (Å²) in [7, 11) is 1.61. The van der Waals surface area contributed by atoms with E-state index in [4.69, 9.17) is 16.3 Å². The lowest BCUT2D eigenvalue weighted by molar-refractivity contribution is -0.140. The van der Waals surface area contributed by atoms with Gasteiger partial charge in [0.25, 0.3) is 0 Å². The number of methoxy groups -OCH3 is 1. The zero-order chi connectivity index (χ0) is 24.3. The summed E-state index contributed by atoms with van der Waals surface area (Å²) in [6, 6.07) is 23.9. The minimum Gasteiger partial charge on any atom is -0.497 e. The summed E-state index contributed by atoms with van der Waals surface area (Å²) >= 11 is 6.15. The van der Waals surface area contributed by atoms with Crippen molar-refractivity contribution in [1.82, 2.24) is 10.2 Å². The van der Waals surface area contributed by atoms with E-state index in [2.05, 4.69) is 5.32 Å². The highest BCUT2D eigenvalue weighted by molar-refractivity contribution is 6.30. The number of nitrogens with one attached hydrogen (secondary N) is 1. The second kappa shape index (κ2) is 12.8. The molecule has 34 heavy (non-hydrogen) atoms. The van der Waals surface area contributed by atoms with Crippen molar-refractivity contribution in [2.45, 2.75) is 38.8 Å². The van der Waals surface area contributed by atoms with E-state index >= 15 is 0 Å². The first-order valence-electron chi connectivity index (χ1n) is 11.5. The topological polar surface area (TPSA) is 58.6 Å². The molecule has 0 saturated heterocycles. The number of hydrogen-bond donors (Lipinski definition) is 1. The predicted octanol–water partition coefficient (Wildman–Crippen LogP) is 5.06. The van der Waals surface area contributed by atoms with Gasteiger partial charge in [0.2, 0.25) is 11.8 Å². The Balaban J connectivity index is 1.96. The molecule has 0 saturated carbocycles. The van der Waals surface area contributed by atoms with Crippen molar-refractivity contribution in [3.63, 3.8) is 0 Å². The Morgan fingerprint density at radius 2 is 1.65 bits per heavy atom. The van der Waals surface area contributed by atoms with Crippen LogP contribution in [0.15, 0.2) is 78.9 Å². The Morgan fingerprint density at radius 3 is 2.35 bits per heavy atom. The van der Waals surface area contributed by atoms with Crippen LogP contribution in [-0.4, -0.2) is 36.4 Å². The Kier molecular flexibility index (Phi) is 9.53. The summed E-state index contributed by atoms with van der Waals surface area (Å²) in [6.45, 7) is 2.85. The summed E-state index contributed by atoms with van der Waals surface area (Å²) in [4.78, 5) is 28.7.